The van der Waals surface area contributed by atoms with Crippen molar-refractivity contribution in [3.05, 3.63) is 54.4 Å². The van der Waals surface area contributed by atoms with Crippen LogP contribution in [-0.4, -0.2) is 11.5 Å². The van der Waals surface area contributed by atoms with Gasteiger partial charge in [-0.1, -0.05) is 30.3 Å². The molecule has 1 aromatic carbocycles. The summed E-state index contributed by atoms with van der Waals surface area (Å²) < 4.78 is 0. The monoisotopic (exact) mass is 212 g/mol. The lowest BCUT2D eigenvalue weighted by atomic mass is 9.99. The van der Waals surface area contributed by atoms with E-state index in [0.29, 0.717) is 0 Å². The Morgan fingerprint density at radius 1 is 1.06 bits per heavy atom. The van der Waals surface area contributed by atoms with Crippen LogP contribution in [0.5, 0.6) is 0 Å². The Balaban J connectivity index is 2.33. The molecular formula is C14H16N2. The van der Waals surface area contributed by atoms with Crippen molar-refractivity contribution in [1.82, 2.24) is 4.98 Å². The van der Waals surface area contributed by atoms with E-state index in [4.69, 9.17) is 5.73 Å². The molecule has 0 saturated carbocycles. The molecule has 2 aromatic rings. The Kier molecular flexibility index (Phi) is 3.67. The summed E-state index contributed by atoms with van der Waals surface area (Å²) >= 11 is 0. The fraction of sp³-hybridized carbons (Fsp3) is 0.214. The largest absolute Gasteiger partial charge is 0.330 e. The lowest BCUT2D eigenvalue weighted by Crippen LogP contribution is -2.01. The van der Waals surface area contributed by atoms with Gasteiger partial charge in [-0.05, 0) is 42.1 Å². The highest BCUT2D eigenvalue weighted by Gasteiger charge is 2.03. The van der Waals surface area contributed by atoms with Crippen molar-refractivity contribution in [1.29, 1.82) is 0 Å². The zero-order chi connectivity index (χ0) is 11.2. The molecule has 0 radical (unpaired) electrons. The molecule has 1 heterocycles. The van der Waals surface area contributed by atoms with Crippen LogP contribution in [0.1, 0.15) is 12.0 Å². The Morgan fingerprint density at radius 3 is 2.62 bits per heavy atom. The summed E-state index contributed by atoms with van der Waals surface area (Å²) in [5, 5.41) is 0. The number of rotatable bonds is 4. The quantitative estimate of drug-likeness (QED) is 0.846. The molecule has 2 nitrogen and oxygen atoms in total. The maximum Gasteiger partial charge on any atom is 0.0306 e. The van der Waals surface area contributed by atoms with Crippen molar-refractivity contribution in [3.8, 4) is 11.1 Å². The molecule has 82 valence electrons. The van der Waals surface area contributed by atoms with Gasteiger partial charge < -0.3 is 5.73 Å². The van der Waals surface area contributed by atoms with Gasteiger partial charge in [0, 0.05) is 12.4 Å². The maximum atomic E-state index is 5.54. The molecule has 0 amide bonds. The van der Waals surface area contributed by atoms with Crippen LogP contribution in [-0.2, 0) is 6.42 Å². The normalized spacial score (nSPS) is 10.3. The van der Waals surface area contributed by atoms with Crippen LogP contribution < -0.4 is 5.73 Å². The van der Waals surface area contributed by atoms with Crippen LogP contribution >= 0.6 is 0 Å². The summed E-state index contributed by atoms with van der Waals surface area (Å²) in [5.41, 5.74) is 9.34. The number of hydrogen-bond donors (Lipinski definition) is 1. The second-order valence-corrected chi connectivity index (χ2v) is 3.79. The molecular weight excluding hydrogens is 196 g/mol. The van der Waals surface area contributed by atoms with Crippen molar-refractivity contribution >= 4 is 0 Å². The Morgan fingerprint density at radius 2 is 1.88 bits per heavy atom. The Labute approximate surface area is 96.1 Å². The van der Waals surface area contributed by atoms with E-state index in [1.165, 1.54) is 16.7 Å². The summed E-state index contributed by atoms with van der Waals surface area (Å²) in [6.07, 6.45) is 5.78. The molecule has 16 heavy (non-hydrogen) atoms. The van der Waals surface area contributed by atoms with Gasteiger partial charge >= 0.3 is 0 Å². The molecule has 1 aromatic heterocycles. The van der Waals surface area contributed by atoms with Gasteiger partial charge in [0.1, 0.15) is 0 Å². The predicted molar refractivity (Wildman–Crippen MR) is 67.0 cm³/mol. The second-order valence-electron chi connectivity index (χ2n) is 3.79. The van der Waals surface area contributed by atoms with Crippen LogP contribution in [0.4, 0.5) is 0 Å². The predicted octanol–water partition coefficient (Wildman–Crippen LogP) is 2.64. The SMILES string of the molecule is NCCCc1cnccc1-c1ccccc1. The van der Waals surface area contributed by atoms with Gasteiger partial charge in [-0.3, -0.25) is 4.98 Å². The van der Waals surface area contributed by atoms with Gasteiger partial charge in [0.05, 0.1) is 0 Å². The van der Waals surface area contributed by atoms with Crippen molar-refractivity contribution in [3.63, 3.8) is 0 Å². The smallest absolute Gasteiger partial charge is 0.0306 e. The van der Waals surface area contributed by atoms with Crippen LogP contribution in [0, 0.1) is 0 Å². The standard InChI is InChI=1S/C14H16N2/c15-9-4-7-13-11-16-10-8-14(13)12-5-2-1-3-6-12/h1-3,5-6,8,10-11H,4,7,9,15H2. The summed E-state index contributed by atoms with van der Waals surface area (Å²) in [7, 11) is 0. The van der Waals surface area contributed by atoms with E-state index in [9.17, 15) is 0 Å². The summed E-state index contributed by atoms with van der Waals surface area (Å²) in [4.78, 5) is 4.18. The van der Waals surface area contributed by atoms with E-state index >= 15 is 0 Å². The van der Waals surface area contributed by atoms with Crippen molar-refractivity contribution in [2.75, 3.05) is 6.54 Å². The number of aromatic nitrogens is 1. The lowest BCUT2D eigenvalue weighted by molar-refractivity contribution is 0.830. The number of pyridine rings is 1. The molecule has 0 aliphatic rings. The van der Waals surface area contributed by atoms with Gasteiger partial charge in [-0.25, -0.2) is 0 Å². The highest BCUT2D eigenvalue weighted by atomic mass is 14.6. The number of aryl methyl sites for hydroxylation is 1. The molecule has 0 aliphatic carbocycles. The first-order valence-corrected chi connectivity index (χ1v) is 5.60. The van der Waals surface area contributed by atoms with Crippen molar-refractivity contribution in [2.24, 2.45) is 5.73 Å². The maximum absolute atomic E-state index is 5.54. The molecule has 0 bridgehead atoms. The van der Waals surface area contributed by atoms with Gasteiger partial charge in [-0.2, -0.15) is 0 Å². The zero-order valence-electron chi connectivity index (χ0n) is 9.26. The summed E-state index contributed by atoms with van der Waals surface area (Å²) in [6, 6.07) is 12.5. The van der Waals surface area contributed by atoms with Crippen molar-refractivity contribution < 1.29 is 0 Å². The third kappa shape index (κ3) is 2.47. The van der Waals surface area contributed by atoms with Crippen molar-refractivity contribution in [2.45, 2.75) is 12.8 Å². The number of hydrogen-bond acceptors (Lipinski definition) is 2. The first-order valence-electron chi connectivity index (χ1n) is 5.60. The molecule has 0 fully saturated rings. The van der Waals surface area contributed by atoms with Crippen LogP contribution in [0.2, 0.25) is 0 Å². The lowest BCUT2D eigenvalue weighted by Gasteiger charge is -2.08. The minimum Gasteiger partial charge on any atom is -0.330 e. The minimum atomic E-state index is 0.725. The van der Waals surface area contributed by atoms with Gasteiger partial charge in [0.25, 0.3) is 0 Å². The third-order valence-corrected chi connectivity index (χ3v) is 2.64. The third-order valence-electron chi connectivity index (χ3n) is 2.64. The topological polar surface area (TPSA) is 38.9 Å². The summed E-state index contributed by atoms with van der Waals surface area (Å²) in [5.74, 6) is 0. The molecule has 0 spiro atoms. The molecule has 0 saturated heterocycles. The van der Waals surface area contributed by atoms with Gasteiger partial charge in [-0.15, -0.1) is 0 Å². The van der Waals surface area contributed by atoms with E-state index in [1.54, 1.807) is 0 Å². The van der Waals surface area contributed by atoms with E-state index in [2.05, 4.69) is 35.3 Å². The second kappa shape index (κ2) is 5.42. The van der Waals surface area contributed by atoms with Crippen LogP contribution in [0.25, 0.3) is 11.1 Å². The zero-order valence-corrected chi connectivity index (χ0v) is 9.26. The highest BCUT2D eigenvalue weighted by Crippen LogP contribution is 2.23. The van der Waals surface area contributed by atoms with E-state index < -0.39 is 0 Å². The fourth-order valence-corrected chi connectivity index (χ4v) is 1.82. The number of nitrogens with two attached hydrogens (primary N) is 1. The van der Waals surface area contributed by atoms with Crippen LogP contribution in [0.15, 0.2) is 48.8 Å². The van der Waals surface area contributed by atoms with Crippen LogP contribution in [0.3, 0.4) is 0 Å². The van der Waals surface area contributed by atoms with Gasteiger partial charge in [0.2, 0.25) is 0 Å². The molecule has 2 heteroatoms. The molecule has 0 aliphatic heterocycles. The molecule has 2 N–H and O–H groups in total. The van der Waals surface area contributed by atoms with E-state index in [1.807, 2.05) is 18.5 Å². The number of benzene rings is 1. The highest BCUT2D eigenvalue weighted by molar-refractivity contribution is 5.66. The molecule has 0 atom stereocenters. The van der Waals surface area contributed by atoms with E-state index in [0.717, 1.165) is 19.4 Å². The Hall–Kier alpha value is -1.67. The molecule has 0 unspecified atom stereocenters. The van der Waals surface area contributed by atoms with E-state index in [-0.39, 0.29) is 0 Å². The summed E-state index contributed by atoms with van der Waals surface area (Å²) in [6.45, 7) is 0.725. The number of nitrogens with zero attached hydrogens (tertiary/aromatic N) is 1. The average molecular weight is 212 g/mol. The average Bonchev–Trinajstić information content (AvgIpc) is 2.38. The molecule has 2 rings (SSSR count). The first-order chi connectivity index (χ1) is 7.92. The fourth-order valence-electron chi connectivity index (χ4n) is 1.82. The van der Waals surface area contributed by atoms with Gasteiger partial charge in [0.15, 0.2) is 0 Å². The first kappa shape index (κ1) is 10.8. The minimum absolute atomic E-state index is 0.725. The Bertz CT molecular complexity index is 437.